The fraction of sp³-hybridized carbons (Fsp3) is 0.333. The van der Waals surface area contributed by atoms with Crippen LogP contribution in [0.2, 0.25) is 0 Å². The Bertz CT molecular complexity index is 350. The molecule has 0 amide bonds. The molecule has 0 heterocycles. The lowest BCUT2D eigenvalue weighted by atomic mass is 9.86. The molecule has 1 radical (unpaired) electrons. The van der Waals surface area contributed by atoms with Gasteiger partial charge in [0.25, 0.3) is 0 Å². The Morgan fingerprint density at radius 1 is 1.31 bits per heavy atom. The van der Waals surface area contributed by atoms with Crippen molar-refractivity contribution in [3.8, 4) is 5.92 Å². The van der Waals surface area contributed by atoms with E-state index in [1.807, 2.05) is 20.8 Å². The zero-order valence-corrected chi connectivity index (χ0v) is 8.11. The van der Waals surface area contributed by atoms with E-state index in [0.717, 1.165) is 0 Å². The fourth-order valence-electron chi connectivity index (χ4n) is 1.21. The Hall–Kier alpha value is -1.29. The molecule has 0 nitrogen and oxygen atoms in total. The molecule has 0 aliphatic rings. The van der Waals surface area contributed by atoms with E-state index in [1.54, 1.807) is 18.2 Å². The van der Waals surface area contributed by atoms with Crippen molar-refractivity contribution in [3.63, 3.8) is 0 Å². The molecule has 0 saturated heterocycles. The van der Waals surface area contributed by atoms with E-state index in [0.29, 0.717) is 5.56 Å². The second-order valence-electron chi connectivity index (χ2n) is 4.04. The second-order valence-corrected chi connectivity index (χ2v) is 4.04. The summed E-state index contributed by atoms with van der Waals surface area (Å²) in [5, 5.41) is 0. The third-order valence-corrected chi connectivity index (χ3v) is 1.94. The highest BCUT2D eigenvalue weighted by molar-refractivity contribution is 5.38. The van der Waals surface area contributed by atoms with E-state index in [4.69, 9.17) is 6.42 Å². The van der Waals surface area contributed by atoms with Gasteiger partial charge in [0.2, 0.25) is 0 Å². The Morgan fingerprint density at radius 2 is 1.92 bits per heavy atom. The van der Waals surface area contributed by atoms with Crippen LogP contribution in [0.25, 0.3) is 0 Å². The van der Waals surface area contributed by atoms with E-state index in [9.17, 15) is 4.39 Å². The minimum absolute atomic E-state index is 0.225. The van der Waals surface area contributed by atoms with Crippen molar-refractivity contribution < 1.29 is 4.39 Å². The van der Waals surface area contributed by atoms with Gasteiger partial charge in [-0.25, -0.2) is 4.39 Å². The van der Waals surface area contributed by atoms with Gasteiger partial charge >= 0.3 is 0 Å². The fourth-order valence-corrected chi connectivity index (χ4v) is 1.21. The summed E-state index contributed by atoms with van der Waals surface area (Å²) in [7, 11) is 0. The highest BCUT2D eigenvalue weighted by Crippen LogP contribution is 2.26. The molecule has 0 spiro atoms. The molecule has 1 heteroatoms. The van der Waals surface area contributed by atoms with Crippen LogP contribution in [0.5, 0.6) is 0 Å². The highest BCUT2D eigenvalue weighted by atomic mass is 19.1. The first-order valence-corrected chi connectivity index (χ1v) is 4.18. The number of rotatable bonds is 0. The zero-order valence-electron chi connectivity index (χ0n) is 8.11. The molecule has 0 N–H and O–H groups in total. The van der Waals surface area contributed by atoms with Crippen LogP contribution >= 0.6 is 0 Å². The summed E-state index contributed by atoms with van der Waals surface area (Å²) in [4.78, 5) is 0. The molecule has 0 aromatic heterocycles. The van der Waals surface area contributed by atoms with Gasteiger partial charge in [-0.05, 0) is 29.4 Å². The molecule has 0 unspecified atom stereocenters. The molecule has 0 aliphatic heterocycles. The van der Waals surface area contributed by atoms with Gasteiger partial charge in [-0.15, -0.1) is 0 Å². The summed E-state index contributed by atoms with van der Waals surface area (Å²) in [5.74, 6) is 1.75. The number of halogens is 1. The van der Waals surface area contributed by atoms with Gasteiger partial charge in [0.05, 0.1) is 5.56 Å². The first kappa shape index (κ1) is 9.80. The molecule has 1 aromatic carbocycles. The van der Waals surface area contributed by atoms with Gasteiger partial charge in [-0.3, -0.25) is 0 Å². The summed E-state index contributed by atoms with van der Waals surface area (Å²) in [5.41, 5.74) is 0.633. The van der Waals surface area contributed by atoms with Crippen molar-refractivity contribution in [2.45, 2.75) is 26.2 Å². The van der Waals surface area contributed by atoms with Crippen molar-refractivity contribution in [3.05, 3.63) is 41.6 Å². The normalized spacial score (nSPS) is 11.0. The van der Waals surface area contributed by atoms with Crippen LogP contribution in [0.3, 0.4) is 0 Å². The first-order valence-electron chi connectivity index (χ1n) is 4.18. The SMILES string of the molecule is [C]#Cc1cccc(C(C)(C)C)c1F. The van der Waals surface area contributed by atoms with Gasteiger partial charge in [0.1, 0.15) is 5.82 Å². The van der Waals surface area contributed by atoms with Crippen molar-refractivity contribution in [1.82, 2.24) is 0 Å². The summed E-state index contributed by atoms with van der Waals surface area (Å²) in [6.45, 7) is 5.83. The molecule has 0 bridgehead atoms. The zero-order chi connectivity index (χ0) is 10.1. The lowest BCUT2D eigenvalue weighted by Gasteiger charge is -2.20. The number of benzene rings is 1. The molecule has 1 aromatic rings. The summed E-state index contributed by atoms with van der Waals surface area (Å²) >= 11 is 0. The molecule has 0 aliphatic carbocycles. The van der Waals surface area contributed by atoms with Gasteiger partial charge < -0.3 is 0 Å². The average molecular weight is 175 g/mol. The van der Waals surface area contributed by atoms with Gasteiger partial charge in [0.15, 0.2) is 0 Å². The van der Waals surface area contributed by atoms with Crippen LogP contribution in [-0.2, 0) is 5.41 Å². The molecule has 0 saturated carbocycles. The molecule has 0 atom stereocenters. The number of hydrogen-bond acceptors (Lipinski definition) is 0. The second kappa shape index (κ2) is 3.22. The minimum atomic E-state index is -0.329. The van der Waals surface area contributed by atoms with E-state index >= 15 is 0 Å². The van der Waals surface area contributed by atoms with Gasteiger partial charge in [-0.2, -0.15) is 0 Å². The first-order chi connectivity index (χ1) is 5.96. The predicted molar refractivity (Wildman–Crippen MR) is 51.3 cm³/mol. The van der Waals surface area contributed by atoms with E-state index in [-0.39, 0.29) is 16.8 Å². The van der Waals surface area contributed by atoms with E-state index in [1.165, 1.54) is 0 Å². The van der Waals surface area contributed by atoms with E-state index < -0.39 is 0 Å². The van der Waals surface area contributed by atoms with Crippen molar-refractivity contribution in [2.24, 2.45) is 0 Å². The van der Waals surface area contributed by atoms with Crippen LogP contribution in [-0.4, -0.2) is 0 Å². The maximum Gasteiger partial charge on any atom is 0.142 e. The predicted octanol–water partition coefficient (Wildman–Crippen LogP) is 3.06. The Labute approximate surface area is 78.8 Å². The maximum absolute atomic E-state index is 13.6. The molecular weight excluding hydrogens is 163 g/mol. The third kappa shape index (κ3) is 1.89. The molecule has 1 rings (SSSR count). The third-order valence-electron chi connectivity index (χ3n) is 1.94. The highest BCUT2D eigenvalue weighted by Gasteiger charge is 2.19. The Kier molecular flexibility index (Phi) is 2.43. The van der Waals surface area contributed by atoms with Crippen molar-refractivity contribution in [2.75, 3.05) is 0 Å². The van der Waals surface area contributed by atoms with Crippen molar-refractivity contribution >= 4 is 0 Å². The van der Waals surface area contributed by atoms with Crippen LogP contribution in [0.1, 0.15) is 31.9 Å². The van der Waals surface area contributed by atoms with Crippen LogP contribution in [0, 0.1) is 18.2 Å². The quantitative estimate of drug-likeness (QED) is 0.531. The van der Waals surface area contributed by atoms with Crippen LogP contribution in [0.4, 0.5) is 4.39 Å². The van der Waals surface area contributed by atoms with Gasteiger partial charge in [0, 0.05) is 0 Å². The Morgan fingerprint density at radius 3 is 2.38 bits per heavy atom. The number of hydrogen-bond donors (Lipinski definition) is 0. The molecule has 67 valence electrons. The summed E-state index contributed by atoms with van der Waals surface area (Å²) in [6, 6.07) is 5.05. The van der Waals surface area contributed by atoms with Gasteiger partial charge in [-0.1, -0.05) is 32.9 Å². The van der Waals surface area contributed by atoms with Crippen LogP contribution < -0.4 is 0 Å². The molecule has 13 heavy (non-hydrogen) atoms. The lowest BCUT2D eigenvalue weighted by Crippen LogP contribution is -2.14. The van der Waals surface area contributed by atoms with E-state index in [2.05, 4.69) is 5.92 Å². The lowest BCUT2D eigenvalue weighted by molar-refractivity contribution is 0.521. The summed E-state index contributed by atoms with van der Waals surface area (Å²) < 4.78 is 13.6. The largest absolute Gasteiger partial charge is 0.205 e. The topological polar surface area (TPSA) is 0 Å². The monoisotopic (exact) mass is 175 g/mol. The minimum Gasteiger partial charge on any atom is -0.205 e. The standard InChI is InChI=1S/C12H12F/c1-5-9-7-6-8-10(11(9)13)12(2,3)4/h6-8H,2-4H3. The summed E-state index contributed by atoms with van der Waals surface area (Å²) in [6.07, 6.45) is 6.90. The Balaban J connectivity index is 3.34. The van der Waals surface area contributed by atoms with Crippen LogP contribution in [0.15, 0.2) is 18.2 Å². The maximum atomic E-state index is 13.6. The molecule has 0 fully saturated rings. The van der Waals surface area contributed by atoms with Crippen molar-refractivity contribution in [1.29, 1.82) is 0 Å². The average Bonchev–Trinajstić information content (AvgIpc) is 2.02. The smallest absolute Gasteiger partial charge is 0.142 e. The molecular formula is C12H12F.